The molecule has 0 saturated heterocycles. The van der Waals surface area contributed by atoms with Gasteiger partial charge in [0.2, 0.25) is 0 Å². The lowest BCUT2D eigenvalue weighted by Crippen LogP contribution is -2.10. The molecule has 1 aromatic rings. The average Bonchev–Trinajstić information content (AvgIpc) is 2.89. The lowest BCUT2D eigenvalue weighted by molar-refractivity contribution is 0.435. The van der Waals surface area contributed by atoms with Crippen molar-refractivity contribution in [3.05, 3.63) is 22.5 Å². The summed E-state index contributed by atoms with van der Waals surface area (Å²) in [6, 6.07) is 0. The van der Waals surface area contributed by atoms with Crippen LogP contribution in [0.1, 0.15) is 60.5 Å². The molecule has 1 aromatic heterocycles. The third-order valence-electron chi connectivity index (χ3n) is 4.05. The number of aromatic nitrogens is 1. The van der Waals surface area contributed by atoms with Crippen molar-refractivity contribution in [3.8, 4) is 0 Å². The number of aromatic amines is 1. The summed E-state index contributed by atoms with van der Waals surface area (Å²) in [5.41, 5.74) is 11.9. The maximum Gasteiger partial charge on any atom is 0.0342 e. The second kappa shape index (κ2) is 4.46. The van der Waals surface area contributed by atoms with E-state index in [9.17, 15) is 0 Å². The van der Waals surface area contributed by atoms with Crippen molar-refractivity contribution in [2.75, 3.05) is 0 Å². The molecule has 0 aromatic carbocycles. The van der Waals surface area contributed by atoms with Crippen molar-refractivity contribution in [1.29, 1.82) is 0 Å². The summed E-state index contributed by atoms with van der Waals surface area (Å²) in [7, 11) is 0. The molecule has 16 heavy (non-hydrogen) atoms. The predicted molar refractivity (Wildman–Crippen MR) is 69.5 cm³/mol. The molecule has 2 nitrogen and oxygen atoms in total. The molecular formula is C13H20N2S. The zero-order valence-electron chi connectivity index (χ0n) is 9.72. The molecule has 0 unspecified atom stereocenters. The number of nitrogens with one attached hydrogen (secondary N) is 1. The van der Waals surface area contributed by atoms with Gasteiger partial charge in [0.25, 0.3) is 0 Å². The van der Waals surface area contributed by atoms with Crippen LogP contribution in [0.5, 0.6) is 0 Å². The Labute approximate surface area is 101 Å². The van der Waals surface area contributed by atoms with E-state index in [4.69, 9.17) is 5.73 Å². The molecule has 1 saturated carbocycles. The van der Waals surface area contributed by atoms with Crippen LogP contribution in [0.2, 0.25) is 0 Å². The van der Waals surface area contributed by atoms with Crippen LogP contribution in [-0.4, -0.2) is 4.98 Å². The number of H-pyrrole nitrogens is 1. The topological polar surface area (TPSA) is 41.8 Å². The van der Waals surface area contributed by atoms with Crippen LogP contribution >= 0.6 is 11.8 Å². The van der Waals surface area contributed by atoms with E-state index in [2.05, 4.69) is 4.98 Å². The van der Waals surface area contributed by atoms with Crippen molar-refractivity contribution >= 4 is 11.8 Å². The van der Waals surface area contributed by atoms with E-state index in [1.54, 1.807) is 0 Å². The summed E-state index contributed by atoms with van der Waals surface area (Å²) in [5.74, 6) is 3.10. The molecule has 2 aliphatic rings. The minimum absolute atomic E-state index is 0.720. The zero-order chi connectivity index (χ0) is 11.0. The van der Waals surface area contributed by atoms with Crippen molar-refractivity contribution < 1.29 is 0 Å². The third-order valence-corrected chi connectivity index (χ3v) is 5.04. The van der Waals surface area contributed by atoms with Crippen molar-refractivity contribution in [1.82, 2.24) is 4.98 Å². The third kappa shape index (κ3) is 1.70. The van der Waals surface area contributed by atoms with E-state index >= 15 is 0 Å². The highest BCUT2D eigenvalue weighted by Crippen LogP contribution is 2.40. The lowest BCUT2D eigenvalue weighted by Gasteiger charge is -2.22. The second-order valence-electron chi connectivity index (χ2n) is 5.01. The van der Waals surface area contributed by atoms with E-state index < -0.39 is 0 Å². The van der Waals surface area contributed by atoms with Gasteiger partial charge in [0.1, 0.15) is 0 Å². The molecule has 3 N–H and O–H groups in total. The van der Waals surface area contributed by atoms with Gasteiger partial charge in [0.15, 0.2) is 0 Å². The molecule has 0 atom stereocenters. The largest absolute Gasteiger partial charge is 0.361 e. The molecule has 3 heteroatoms. The fourth-order valence-corrected chi connectivity index (χ4v) is 4.29. The average molecular weight is 236 g/mol. The Hall–Kier alpha value is -0.410. The minimum Gasteiger partial charge on any atom is -0.361 e. The summed E-state index contributed by atoms with van der Waals surface area (Å²) >= 11 is 2.01. The van der Waals surface area contributed by atoms with Crippen LogP contribution in [0.15, 0.2) is 0 Å². The summed E-state index contributed by atoms with van der Waals surface area (Å²) in [6.45, 7) is 0.720. The molecule has 0 spiro atoms. The Morgan fingerprint density at radius 1 is 1.19 bits per heavy atom. The van der Waals surface area contributed by atoms with Gasteiger partial charge in [0.05, 0.1) is 0 Å². The number of hydrogen-bond donors (Lipinski definition) is 2. The van der Waals surface area contributed by atoms with E-state index in [1.165, 1.54) is 60.4 Å². The van der Waals surface area contributed by atoms with Gasteiger partial charge in [-0.15, -0.1) is 0 Å². The molecule has 0 amide bonds. The number of fused-ring (bicyclic) bond motifs is 1. The molecule has 1 aliphatic heterocycles. The summed E-state index contributed by atoms with van der Waals surface area (Å²) in [6.07, 6.45) is 6.93. The Bertz CT molecular complexity index is 378. The number of thioether (sulfide) groups is 1. The number of hydrogen-bond acceptors (Lipinski definition) is 2. The van der Waals surface area contributed by atoms with Crippen molar-refractivity contribution in [3.63, 3.8) is 0 Å². The van der Waals surface area contributed by atoms with Crippen LogP contribution in [0.25, 0.3) is 0 Å². The first kappa shape index (κ1) is 10.7. The highest BCUT2D eigenvalue weighted by Gasteiger charge is 2.26. The van der Waals surface area contributed by atoms with Gasteiger partial charge in [-0.05, 0) is 29.9 Å². The predicted octanol–water partition coefficient (Wildman–Crippen LogP) is 3.27. The van der Waals surface area contributed by atoms with Crippen molar-refractivity contribution in [2.24, 2.45) is 5.73 Å². The van der Waals surface area contributed by atoms with Gasteiger partial charge in [0, 0.05) is 29.4 Å². The Morgan fingerprint density at radius 2 is 2.00 bits per heavy atom. The first-order chi connectivity index (χ1) is 7.90. The molecule has 3 rings (SSSR count). The van der Waals surface area contributed by atoms with Crippen LogP contribution < -0.4 is 5.73 Å². The fourth-order valence-electron chi connectivity index (χ4n) is 3.18. The van der Waals surface area contributed by atoms with Crippen LogP contribution in [0, 0.1) is 0 Å². The van der Waals surface area contributed by atoms with E-state index in [1.807, 2.05) is 11.8 Å². The zero-order valence-corrected chi connectivity index (χ0v) is 10.5. The monoisotopic (exact) mass is 236 g/mol. The molecule has 88 valence electrons. The van der Waals surface area contributed by atoms with Gasteiger partial charge in [-0.2, -0.15) is 11.8 Å². The Balaban J connectivity index is 1.93. The lowest BCUT2D eigenvalue weighted by atomic mass is 9.85. The second-order valence-corrected chi connectivity index (χ2v) is 5.99. The SMILES string of the molecule is NCc1c(C2CCCCC2)[nH]c2c1CSC2. The number of nitrogens with two attached hydrogens (primary N) is 1. The maximum atomic E-state index is 5.95. The van der Waals surface area contributed by atoms with Crippen LogP contribution in [-0.2, 0) is 18.1 Å². The van der Waals surface area contributed by atoms with Gasteiger partial charge in [-0.25, -0.2) is 0 Å². The highest BCUT2D eigenvalue weighted by molar-refractivity contribution is 7.98. The smallest absolute Gasteiger partial charge is 0.0342 e. The first-order valence-corrected chi connectivity index (χ1v) is 7.56. The quantitative estimate of drug-likeness (QED) is 0.827. The number of rotatable bonds is 2. The highest BCUT2D eigenvalue weighted by atomic mass is 32.2. The summed E-state index contributed by atoms with van der Waals surface area (Å²) in [5, 5.41) is 0. The van der Waals surface area contributed by atoms with Gasteiger partial charge in [-0.1, -0.05) is 19.3 Å². The molecule has 1 fully saturated rings. The molecule has 0 radical (unpaired) electrons. The van der Waals surface area contributed by atoms with Crippen molar-refractivity contribution in [2.45, 2.75) is 56.1 Å². The normalized spacial score (nSPS) is 21.3. The summed E-state index contributed by atoms with van der Waals surface area (Å²) < 4.78 is 0. The van der Waals surface area contributed by atoms with E-state index in [0.717, 1.165) is 18.2 Å². The van der Waals surface area contributed by atoms with E-state index in [-0.39, 0.29) is 0 Å². The van der Waals surface area contributed by atoms with Gasteiger partial charge >= 0.3 is 0 Å². The molecular weight excluding hydrogens is 216 g/mol. The molecule has 2 heterocycles. The fraction of sp³-hybridized carbons (Fsp3) is 0.692. The van der Waals surface area contributed by atoms with Crippen LogP contribution in [0.4, 0.5) is 0 Å². The maximum absolute atomic E-state index is 5.95. The van der Waals surface area contributed by atoms with Gasteiger partial charge in [-0.3, -0.25) is 0 Å². The molecule has 0 bridgehead atoms. The van der Waals surface area contributed by atoms with Gasteiger partial charge < -0.3 is 10.7 Å². The van der Waals surface area contributed by atoms with Crippen LogP contribution in [0.3, 0.4) is 0 Å². The Kier molecular flexibility index (Phi) is 2.99. The summed E-state index contributed by atoms with van der Waals surface area (Å²) in [4.78, 5) is 3.68. The van der Waals surface area contributed by atoms with E-state index in [0.29, 0.717) is 0 Å². The Morgan fingerprint density at radius 3 is 2.75 bits per heavy atom. The molecule has 1 aliphatic carbocycles. The minimum atomic E-state index is 0.720. The standard InChI is InChI=1S/C13H20N2S/c14-6-10-11-7-16-8-12(11)15-13(10)9-4-2-1-3-5-9/h9,15H,1-8,14H2. The first-order valence-electron chi connectivity index (χ1n) is 6.40.